The molecule has 10 heteroatoms. The van der Waals surface area contributed by atoms with Gasteiger partial charge in [0.1, 0.15) is 11.8 Å². The van der Waals surface area contributed by atoms with Gasteiger partial charge in [-0.3, -0.25) is 14.4 Å². The van der Waals surface area contributed by atoms with Crippen molar-refractivity contribution in [2.45, 2.75) is 44.2 Å². The predicted molar refractivity (Wildman–Crippen MR) is 121 cm³/mol. The highest BCUT2D eigenvalue weighted by Crippen LogP contribution is 2.29. The van der Waals surface area contributed by atoms with Crippen molar-refractivity contribution in [3.8, 4) is 5.75 Å². The second kappa shape index (κ2) is 9.72. The zero-order valence-corrected chi connectivity index (χ0v) is 19.6. The third-order valence-electron chi connectivity index (χ3n) is 5.36. The van der Waals surface area contributed by atoms with Crippen LogP contribution in [0.1, 0.15) is 36.7 Å². The summed E-state index contributed by atoms with van der Waals surface area (Å²) in [6, 6.07) is 9.46. The lowest BCUT2D eigenvalue weighted by atomic mass is 10.0. The van der Waals surface area contributed by atoms with Gasteiger partial charge in [-0.05, 0) is 68.3 Å². The Morgan fingerprint density at radius 3 is 2.33 bits per heavy atom. The Bertz CT molecular complexity index is 1180. The van der Waals surface area contributed by atoms with E-state index in [0.717, 1.165) is 11.3 Å². The monoisotopic (exact) mass is 474 g/mol. The van der Waals surface area contributed by atoms with E-state index in [-0.39, 0.29) is 10.8 Å². The highest BCUT2D eigenvalue weighted by Gasteiger charge is 2.28. The maximum absolute atomic E-state index is 12.8. The van der Waals surface area contributed by atoms with Crippen LogP contribution in [-0.4, -0.2) is 51.9 Å². The minimum Gasteiger partial charge on any atom is -0.497 e. The van der Waals surface area contributed by atoms with Crippen LogP contribution >= 0.6 is 0 Å². The van der Waals surface area contributed by atoms with Crippen LogP contribution in [0.25, 0.3) is 0 Å². The lowest BCUT2D eigenvalue weighted by Gasteiger charge is -2.18. The minimum absolute atomic E-state index is 0.0372. The van der Waals surface area contributed by atoms with Gasteiger partial charge in [0.2, 0.25) is 21.7 Å². The Kier molecular flexibility index (Phi) is 7.19. The SMILES string of the molecule is COc1ccc(S(=O)(=O)N[C@H](C)C(=O)O[C@H](C)C(=O)c2ccc3c(c2)CCN3C(C)=O)cc1. The van der Waals surface area contributed by atoms with E-state index in [1.807, 2.05) is 0 Å². The Hall–Kier alpha value is -3.24. The van der Waals surface area contributed by atoms with Gasteiger partial charge in [-0.2, -0.15) is 4.72 Å². The lowest BCUT2D eigenvalue weighted by Crippen LogP contribution is -2.41. The number of ketones is 1. The molecule has 0 saturated carbocycles. The summed E-state index contributed by atoms with van der Waals surface area (Å²) in [5.41, 5.74) is 1.99. The van der Waals surface area contributed by atoms with E-state index in [9.17, 15) is 22.8 Å². The third-order valence-corrected chi connectivity index (χ3v) is 6.91. The summed E-state index contributed by atoms with van der Waals surface area (Å²) < 4.78 is 37.5. The molecule has 33 heavy (non-hydrogen) atoms. The maximum Gasteiger partial charge on any atom is 0.324 e. The molecule has 0 bridgehead atoms. The number of anilines is 1. The number of hydrogen-bond donors (Lipinski definition) is 1. The second-order valence-electron chi connectivity index (χ2n) is 7.73. The molecule has 1 N–H and O–H groups in total. The fraction of sp³-hybridized carbons (Fsp3) is 0.348. The van der Waals surface area contributed by atoms with Crippen LogP contribution in [0.15, 0.2) is 47.4 Å². The summed E-state index contributed by atoms with van der Waals surface area (Å²) >= 11 is 0. The maximum atomic E-state index is 12.8. The first-order valence-corrected chi connectivity index (χ1v) is 11.8. The smallest absolute Gasteiger partial charge is 0.324 e. The van der Waals surface area contributed by atoms with Crippen LogP contribution < -0.4 is 14.4 Å². The molecule has 0 aromatic heterocycles. The molecule has 1 aliphatic rings. The topological polar surface area (TPSA) is 119 Å². The van der Waals surface area contributed by atoms with Crippen LogP contribution in [0.2, 0.25) is 0 Å². The first-order valence-electron chi connectivity index (χ1n) is 10.4. The zero-order chi connectivity index (χ0) is 24.3. The minimum atomic E-state index is -3.98. The summed E-state index contributed by atoms with van der Waals surface area (Å²) in [7, 11) is -2.52. The number of sulfonamides is 1. The zero-order valence-electron chi connectivity index (χ0n) is 18.8. The summed E-state index contributed by atoms with van der Waals surface area (Å²) in [4.78, 5) is 38.5. The molecule has 0 unspecified atom stereocenters. The normalized spacial score (nSPS) is 14.8. The molecule has 1 heterocycles. The van der Waals surface area contributed by atoms with Crippen LogP contribution in [0, 0.1) is 0 Å². The molecule has 0 radical (unpaired) electrons. The molecular formula is C23H26N2O7S. The van der Waals surface area contributed by atoms with Crippen molar-refractivity contribution in [1.82, 2.24) is 4.72 Å². The van der Waals surface area contributed by atoms with Crippen molar-refractivity contribution < 1.29 is 32.3 Å². The average Bonchev–Trinajstić information content (AvgIpc) is 3.21. The highest BCUT2D eigenvalue weighted by molar-refractivity contribution is 7.89. The van der Waals surface area contributed by atoms with Gasteiger partial charge in [0.15, 0.2) is 6.10 Å². The largest absolute Gasteiger partial charge is 0.497 e. The van der Waals surface area contributed by atoms with Gasteiger partial charge in [-0.15, -0.1) is 0 Å². The van der Waals surface area contributed by atoms with Crippen molar-refractivity contribution in [2.24, 2.45) is 0 Å². The Balaban J connectivity index is 1.63. The summed E-state index contributed by atoms with van der Waals surface area (Å²) in [5.74, 6) is -0.870. The van der Waals surface area contributed by atoms with Gasteiger partial charge in [0.05, 0.1) is 12.0 Å². The van der Waals surface area contributed by atoms with Gasteiger partial charge in [0.25, 0.3) is 0 Å². The summed E-state index contributed by atoms with van der Waals surface area (Å²) in [5, 5.41) is 0. The number of rotatable bonds is 8. The molecule has 0 fully saturated rings. The molecule has 0 spiro atoms. The summed E-state index contributed by atoms with van der Waals surface area (Å²) in [6.45, 7) is 4.81. The van der Waals surface area contributed by atoms with Gasteiger partial charge < -0.3 is 14.4 Å². The quantitative estimate of drug-likeness (QED) is 0.460. The van der Waals surface area contributed by atoms with Crippen LogP contribution in [0.5, 0.6) is 5.75 Å². The highest BCUT2D eigenvalue weighted by atomic mass is 32.2. The molecule has 2 atom stereocenters. The number of ether oxygens (including phenoxy) is 2. The number of hydrogen-bond acceptors (Lipinski definition) is 7. The predicted octanol–water partition coefficient (Wildman–Crippen LogP) is 2.09. The molecule has 1 aliphatic heterocycles. The second-order valence-corrected chi connectivity index (χ2v) is 9.44. The third kappa shape index (κ3) is 5.40. The molecule has 1 amide bonds. The lowest BCUT2D eigenvalue weighted by molar-refractivity contribution is -0.147. The van der Waals surface area contributed by atoms with Gasteiger partial charge in [-0.25, -0.2) is 8.42 Å². The van der Waals surface area contributed by atoms with E-state index in [4.69, 9.17) is 9.47 Å². The molecule has 176 valence electrons. The molecular weight excluding hydrogens is 448 g/mol. The number of esters is 1. The van der Waals surface area contributed by atoms with Gasteiger partial charge in [-0.1, -0.05) is 0 Å². The standard InChI is InChI=1S/C23H26N2O7S/c1-14(24-33(29,30)20-8-6-19(31-4)7-9-20)23(28)32-15(2)22(27)18-5-10-21-17(13-18)11-12-25(21)16(3)26/h5-10,13-15,24H,11-12H2,1-4H3/t14-,15-/m1/s1. The fourth-order valence-corrected chi connectivity index (χ4v) is 4.74. The number of nitrogens with zero attached hydrogens (tertiary/aromatic N) is 1. The van der Waals surface area contributed by atoms with Crippen LogP contribution in [-0.2, 0) is 30.8 Å². The van der Waals surface area contributed by atoms with Crippen molar-refractivity contribution in [3.63, 3.8) is 0 Å². The molecule has 9 nitrogen and oxygen atoms in total. The first-order chi connectivity index (χ1) is 15.5. The van der Waals surface area contributed by atoms with Gasteiger partial charge >= 0.3 is 5.97 Å². The van der Waals surface area contributed by atoms with E-state index in [1.165, 1.54) is 52.1 Å². The van der Waals surface area contributed by atoms with Crippen molar-refractivity contribution >= 4 is 33.4 Å². The first kappa shape index (κ1) is 24.4. The number of carbonyl (C=O) groups excluding carboxylic acids is 3. The van der Waals surface area contributed by atoms with Crippen molar-refractivity contribution in [2.75, 3.05) is 18.6 Å². The molecule has 2 aromatic carbocycles. The van der Waals surface area contributed by atoms with E-state index in [2.05, 4.69) is 4.72 Å². The molecule has 3 rings (SSSR count). The van der Waals surface area contributed by atoms with Crippen molar-refractivity contribution in [3.05, 3.63) is 53.6 Å². The Labute approximate surface area is 192 Å². The molecule has 0 aliphatic carbocycles. The number of benzene rings is 2. The van der Waals surface area contributed by atoms with E-state index < -0.39 is 33.9 Å². The van der Waals surface area contributed by atoms with E-state index in [0.29, 0.717) is 24.3 Å². The average molecular weight is 475 g/mol. The number of amides is 1. The fourth-order valence-electron chi connectivity index (χ4n) is 3.55. The molecule has 0 saturated heterocycles. The Morgan fingerprint density at radius 2 is 1.73 bits per heavy atom. The number of nitrogens with one attached hydrogen (secondary N) is 1. The number of methoxy groups -OCH3 is 1. The van der Waals surface area contributed by atoms with E-state index in [1.54, 1.807) is 23.1 Å². The number of fused-ring (bicyclic) bond motifs is 1. The van der Waals surface area contributed by atoms with Gasteiger partial charge in [0, 0.05) is 24.7 Å². The number of carbonyl (C=O) groups is 3. The van der Waals surface area contributed by atoms with Crippen LogP contribution in [0.3, 0.4) is 0 Å². The number of Topliss-reactive ketones (excluding diaryl/α,β-unsaturated/α-hetero) is 1. The van der Waals surface area contributed by atoms with E-state index >= 15 is 0 Å². The summed E-state index contributed by atoms with van der Waals surface area (Å²) in [6.07, 6.45) is -0.484. The van der Waals surface area contributed by atoms with Crippen LogP contribution in [0.4, 0.5) is 5.69 Å². The van der Waals surface area contributed by atoms with Crippen molar-refractivity contribution in [1.29, 1.82) is 0 Å². The molecule has 2 aromatic rings. The Morgan fingerprint density at radius 1 is 1.06 bits per heavy atom.